The van der Waals surface area contributed by atoms with E-state index in [0.29, 0.717) is 5.82 Å². The summed E-state index contributed by atoms with van der Waals surface area (Å²) in [4.78, 5) is 7.92. The van der Waals surface area contributed by atoms with Crippen molar-refractivity contribution in [1.29, 1.82) is 0 Å². The number of nitrogens with two attached hydrogens (primary N) is 1. The molecule has 16 heavy (non-hydrogen) atoms. The van der Waals surface area contributed by atoms with Gasteiger partial charge in [0, 0.05) is 16.4 Å². The summed E-state index contributed by atoms with van der Waals surface area (Å²) >= 11 is 3.43. The standard InChI is InChI=1S/C11H11BrN4/c1-7-2-3-8(12)6-9(7)15-10-4-5-14-11(13)16-10/h2-6H,1H3,(H3,13,14,15,16). The van der Waals surface area contributed by atoms with Crippen molar-refractivity contribution in [3.05, 3.63) is 40.5 Å². The van der Waals surface area contributed by atoms with Gasteiger partial charge in [0.15, 0.2) is 0 Å². The van der Waals surface area contributed by atoms with Crippen LogP contribution in [0.25, 0.3) is 0 Å². The monoisotopic (exact) mass is 278 g/mol. The van der Waals surface area contributed by atoms with Crippen molar-refractivity contribution in [2.45, 2.75) is 6.92 Å². The fourth-order valence-electron chi connectivity index (χ4n) is 1.31. The number of aromatic nitrogens is 2. The molecule has 0 bridgehead atoms. The van der Waals surface area contributed by atoms with Gasteiger partial charge in [0.1, 0.15) is 5.82 Å². The van der Waals surface area contributed by atoms with Crippen LogP contribution in [0.4, 0.5) is 17.5 Å². The first-order chi connectivity index (χ1) is 7.65. The van der Waals surface area contributed by atoms with Gasteiger partial charge in [0.05, 0.1) is 0 Å². The first-order valence-electron chi connectivity index (χ1n) is 4.77. The summed E-state index contributed by atoms with van der Waals surface area (Å²) in [6.07, 6.45) is 1.62. The van der Waals surface area contributed by atoms with E-state index in [2.05, 4.69) is 31.2 Å². The van der Waals surface area contributed by atoms with E-state index >= 15 is 0 Å². The van der Waals surface area contributed by atoms with E-state index in [4.69, 9.17) is 5.73 Å². The molecule has 82 valence electrons. The van der Waals surface area contributed by atoms with Crippen LogP contribution in [0.3, 0.4) is 0 Å². The van der Waals surface area contributed by atoms with E-state index in [0.717, 1.165) is 15.7 Å². The molecule has 0 radical (unpaired) electrons. The lowest BCUT2D eigenvalue weighted by Gasteiger charge is -2.09. The van der Waals surface area contributed by atoms with Gasteiger partial charge < -0.3 is 11.1 Å². The third-order valence-corrected chi connectivity index (χ3v) is 2.63. The maximum atomic E-state index is 5.51. The van der Waals surface area contributed by atoms with Gasteiger partial charge in [-0.15, -0.1) is 0 Å². The van der Waals surface area contributed by atoms with E-state index in [1.54, 1.807) is 12.3 Å². The zero-order chi connectivity index (χ0) is 11.5. The molecule has 1 aromatic carbocycles. The first-order valence-corrected chi connectivity index (χ1v) is 5.56. The highest BCUT2D eigenvalue weighted by Gasteiger charge is 2.01. The Hall–Kier alpha value is -1.62. The zero-order valence-corrected chi connectivity index (χ0v) is 10.3. The number of hydrogen-bond acceptors (Lipinski definition) is 4. The third kappa shape index (κ3) is 2.49. The zero-order valence-electron chi connectivity index (χ0n) is 8.74. The average molecular weight is 279 g/mol. The van der Waals surface area contributed by atoms with Gasteiger partial charge in [-0.05, 0) is 30.7 Å². The number of nitrogens with zero attached hydrogens (tertiary/aromatic N) is 2. The summed E-state index contributed by atoms with van der Waals surface area (Å²) in [6, 6.07) is 7.79. The number of rotatable bonds is 2. The minimum absolute atomic E-state index is 0.262. The van der Waals surface area contributed by atoms with Crippen LogP contribution in [-0.4, -0.2) is 9.97 Å². The Labute approximate surface area is 102 Å². The summed E-state index contributed by atoms with van der Waals surface area (Å²) in [7, 11) is 0. The topological polar surface area (TPSA) is 63.8 Å². The molecule has 3 N–H and O–H groups in total. The van der Waals surface area contributed by atoms with E-state index in [9.17, 15) is 0 Å². The molecular weight excluding hydrogens is 268 g/mol. The predicted octanol–water partition coefficient (Wildman–Crippen LogP) is 2.87. The number of aryl methyl sites for hydroxylation is 1. The van der Waals surface area contributed by atoms with Gasteiger partial charge in [0.2, 0.25) is 5.95 Å². The molecular formula is C11H11BrN4. The van der Waals surface area contributed by atoms with Crippen LogP contribution in [0, 0.1) is 6.92 Å². The maximum absolute atomic E-state index is 5.51. The summed E-state index contributed by atoms with van der Waals surface area (Å²) < 4.78 is 1.02. The fraction of sp³-hybridized carbons (Fsp3) is 0.0909. The SMILES string of the molecule is Cc1ccc(Br)cc1Nc1ccnc(N)n1. The van der Waals surface area contributed by atoms with Crippen molar-refractivity contribution >= 4 is 33.4 Å². The molecule has 0 fully saturated rings. The van der Waals surface area contributed by atoms with Crippen LogP contribution in [0.15, 0.2) is 34.9 Å². The van der Waals surface area contributed by atoms with E-state index in [-0.39, 0.29) is 5.95 Å². The molecule has 0 amide bonds. The van der Waals surface area contributed by atoms with Gasteiger partial charge >= 0.3 is 0 Å². The number of halogens is 1. The highest BCUT2D eigenvalue weighted by Crippen LogP contribution is 2.23. The molecule has 0 atom stereocenters. The summed E-state index contributed by atoms with van der Waals surface area (Å²) in [5.41, 5.74) is 7.64. The minimum atomic E-state index is 0.262. The lowest BCUT2D eigenvalue weighted by molar-refractivity contribution is 1.18. The molecule has 0 saturated carbocycles. The Bertz CT molecular complexity index is 513. The van der Waals surface area contributed by atoms with Crippen LogP contribution >= 0.6 is 15.9 Å². The highest BCUT2D eigenvalue weighted by molar-refractivity contribution is 9.10. The second-order valence-electron chi connectivity index (χ2n) is 3.38. The van der Waals surface area contributed by atoms with Gasteiger partial charge in [-0.25, -0.2) is 4.98 Å². The number of anilines is 3. The van der Waals surface area contributed by atoms with Crippen molar-refractivity contribution in [2.24, 2.45) is 0 Å². The molecule has 0 aliphatic heterocycles. The molecule has 2 aromatic rings. The summed E-state index contributed by atoms with van der Waals surface area (Å²) in [5, 5.41) is 3.19. The van der Waals surface area contributed by atoms with E-state index < -0.39 is 0 Å². The van der Waals surface area contributed by atoms with Crippen molar-refractivity contribution in [3.8, 4) is 0 Å². The maximum Gasteiger partial charge on any atom is 0.221 e. The molecule has 0 spiro atoms. The smallest absolute Gasteiger partial charge is 0.221 e. The molecule has 1 heterocycles. The lowest BCUT2D eigenvalue weighted by atomic mass is 10.2. The molecule has 2 rings (SSSR count). The Balaban J connectivity index is 2.30. The third-order valence-electron chi connectivity index (χ3n) is 2.14. The highest BCUT2D eigenvalue weighted by atomic mass is 79.9. The van der Waals surface area contributed by atoms with Crippen molar-refractivity contribution < 1.29 is 0 Å². The number of hydrogen-bond donors (Lipinski definition) is 2. The molecule has 1 aromatic heterocycles. The second kappa shape index (κ2) is 4.49. The van der Waals surface area contributed by atoms with Gasteiger partial charge in [0.25, 0.3) is 0 Å². The van der Waals surface area contributed by atoms with Crippen LogP contribution in [0.5, 0.6) is 0 Å². The van der Waals surface area contributed by atoms with Crippen molar-refractivity contribution in [3.63, 3.8) is 0 Å². The van der Waals surface area contributed by atoms with E-state index in [1.807, 2.05) is 25.1 Å². The van der Waals surface area contributed by atoms with Gasteiger partial charge in [-0.1, -0.05) is 22.0 Å². The largest absolute Gasteiger partial charge is 0.368 e. The van der Waals surface area contributed by atoms with Crippen LogP contribution < -0.4 is 11.1 Å². The molecule has 0 saturated heterocycles. The molecule has 0 unspecified atom stereocenters. The Morgan fingerprint density at radius 2 is 2.12 bits per heavy atom. The van der Waals surface area contributed by atoms with Gasteiger partial charge in [-0.3, -0.25) is 0 Å². The fourth-order valence-corrected chi connectivity index (χ4v) is 1.67. The normalized spacial score (nSPS) is 10.1. The van der Waals surface area contributed by atoms with Crippen LogP contribution in [0.2, 0.25) is 0 Å². The number of nitrogen functional groups attached to an aromatic ring is 1. The van der Waals surface area contributed by atoms with Crippen molar-refractivity contribution in [2.75, 3.05) is 11.1 Å². The Morgan fingerprint density at radius 3 is 2.88 bits per heavy atom. The molecule has 0 aliphatic carbocycles. The quantitative estimate of drug-likeness (QED) is 0.887. The number of benzene rings is 1. The number of nitrogens with one attached hydrogen (secondary N) is 1. The van der Waals surface area contributed by atoms with Crippen LogP contribution in [0.1, 0.15) is 5.56 Å². The molecule has 0 aliphatic rings. The Kier molecular flexibility index (Phi) is 3.05. The predicted molar refractivity (Wildman–Crippen MR) is 68.6 cm³/mol. The summed E-state index contributed by atoms with van der Waals surface area (Å²) in [5.74, 6) is 0.950. The lowest BCUT2D eigenvalue weighted by Crippen LogP contribution is -2.00. The van der Waals surface area contributed by atoms with Crippen LogP contribution in [-0.2, 0) is 0 Å². The molecule has 5 heteroatoms. The minimum Gasteiger partial charge on any atom is -0.368 e. The van der Waals surface area contributed by atoms with Crippen molar-refractivity contribution in [1.82, 2.24) is 9.97 Å². The molecule has 4 nitrogen and oxygen atoms in total. The Morgan fingerprint density at radius 1 is 1.31 bits per heavy atom. The van der Waals surface area contributed by atoms with E-state index in [1.165, 1.54) is 0 Å². The summed E-state index contributed by atoms with van der Waals surface area (Å²) in [6.45, 7) is 2.03. The second-order valence-corrected chi connectivity index (χ2v) is 4.30. The van der Waals surface area contributed by atoms with Gasteiger partial charge in [-0.2, -0.15) is 4.98 Å². The average Bonchev–Trinajstić information content (AvgIpc) is 2.24. The first kappa shape index (κ1) is 10.9.